The summed E-state index contributed by atoms with van der Waals surface area (Å²) in [6.45, 7) is 3.04. The van der Waals surface area contributed by atoms with Crippen molar-refractivity contribution in [3.05, 3.63) is 20.7 Å². The van der Waals surface area contributed by atoms with Crippen LogP contribution in [0.4, 0.5) is 5.82 Å². The highest BCUT2D eigenvalue weighted by Crippen LogP contribution is 2.28. The fourth-order valence-electron chi connectivity index (χ4n) is 2.02. The SMILES string of the molecule is CCC(c1c(N)[nH]c(=S)[nH]c1=O)C1OCCO1. The number of ether oxygens (including phenoxy) is 2. The lowest BCUT2D eigenvalue weighted by atomic mass is 9.97. The van der Waals surface area contributed by atoms with E-state index in [1.54, 1.807) is 0 Å². The number of hydrogen-bond acceptors (Lipinski definition) is 5. The molecule has 1 aliphatic heterocycles. The van der Waals surface area contributed by atoms with Crippen LogP contribution in [0.1, 0.15) is 24.8 Å². The molecule has 0 amide bonds. The van der Waals surface area contributed by atoms with Crippen LogP contribution in [0.15, 0.2) is 4.79 Å². The molecular formula is C10H15N3O3S. The molecule has 0 spiro atoms. The standard InChI is InChI=1S/C10H15N3O3S/c1-2-5(9-15-3-4-16-9)6-7(11)12-10(17)13-8(6)14/h5,9H,2-4H2,1H3,(H4,11,12,13,14,17). The smallest absolute Gasteiger partial charge is 0.257 e. The fourth-order valence-corrected chi connectivity index (χ4v) is 2.23. The number of nitrogen functional groups attached to an aromatic ring is 1. The van der Waals surface area contributed by atoms with Crippen molar-refractivity contribution < 1.29 is 9.47 Å². The molecule has 0 aromatic carbocycles. The molecule has 0 radical (unpaired) electrons. The first-order valence-electron chi connectivity index (χ1n) is 5.48. The molecule has 0 aliphatic carbocycles. The highest BCUT2D eigenvalue weighted by Gasteiger charge is 2.30. The Kier molecular flexibility index (Phi) is 3.60. The van der Waals surface area contributed by atoms with E-state index in [4.69, 9.17) is 27.4 Å². The van der Waals surface area contributed by atoms with Crippen LogP contribution in [0, 0.1) is 4.77 Å². The third-order valence-corrected chi connectivity index (χ3v) is 3.00. The maximum atomic E-state index is 11.9. The van der Waals surface area contributed by atoms with Gasteiger partial charge in [-0.3, -0.25) is 9.78 Å². The topological polar surface area (TPSA) is 93.1 Å². The molecule has 94 valence electrons. The summed E-state index contributed by atoms with van der Waals surface area (Å²) in [6, 6.07) is 0. The van der Waals surface area contributed by atoms with Crippen molar-refractivity contribution in [2.45, 2.75) is 25.6 Å². The summed E-state index contributed by atoms with van der Waals surface area (Å²) in [6.07, 6.45) is 0.288. The average Bonchev–Trinajstić information content (AvgIpc) is 2.76. The maximum absolute atomic E-state index is 11.9. The van der Waals surface area contributed by atoms with Crippen LogP contribution >= 0.6 is 12.2 Å². The molecule has 1 unspecified atom stereocenters. The van der Waals surface area contributed by atoms with Crippen LogP contribution in [0.2, 0.25) is 0 Å². The lowest BCUT2D eigenvalue weighted by Gasteiger charge is -2.21. The Labute approximate surface area is 103 Å². The summed E-state index contributed by atoms with van der Waals surface area (Å²) in [5.41, 5.74) is 5.98. The number of rotatable bonds is 3. The molecule has 1 atom stereocenters. The predicted octanol–water partition coefficient (Wildman–Crippen LogP) is 0.881. The van der Waals surface area contributed by atoms with Crippen molar-refractivity contribution >= 4 is 18.0 Å². The number of aromatic amines is 2. The molecule has 1 aromatic rings. The van der Waals surface area contributed by atoms with E-state index >= 15 is 0 Å². The molecule has 1 fully saturated rings. The average molecular weight is 257 g/mol. The second kappa shape index (κ2) is 4.99. The van der Waals surface area contributed by atoms with Crippen molar-refractivity contribution in [2.75, 3.05) is 18.9 Å². The maximum Gasteiger partial charge on any atom is 0.257 e. The molecule has 2 heterocycles. The summed E-state index contributed by atoms with van der Waals surface area (Å²) < 4.78 is 11.1. The van der Waals surface area contributed by atoms with Gasteiger partial charge in [-0.15, -0.1) is 0 Å². The van der Waals surface area contributed by atoms with E-state index in [-0.39, 0.29) is 22.1 Å². The van der Waals surface area contributed by atoms with Crippen LogP contribution in [-0.2, 0) is 9.47 Å². The fraction of sp³-hybridized carbons (Fsp3) is 0.600. The molecule has 0 saturated carbocycles. The van der Waals surface area contributed by atoms with Gasteiger partial charge in [0.05, 0.1) is 18.8 Å². The third-order valence-electron chi connectivity index (χ3n) is 2.80. The van der Waals surface area contributed by atoms with Gasteiger partial charge in [-0.2, -0.15) is 0 Å². The first-order valence-corrected chi connectivity index (χ1v) is 5.89. The van der Waals surface area contributed by atoms with Crippen molar-refractivity contribution in [3.63, 3.8) is 0 Å². The molecule has 17 heavy (non-hydrogen) atoms. The van der Waals surface area contributed by atoms with Gasteiger partial charge in [0, 0.05) is 5.92 Å². The Bertz CT molecular complexity index is 504. The highest BCUT2D eigenvalue weighted by atomic mass is 32.1. The zero-order chi connectivity index (χ0) is 12.4. The Morgan fingerprint density at radius 3 is 2.65 bits per heavy atom. The van der Waals surface area contributed by atoms with Gasteiger partial charge in [0.15, 0.2) is 11.1 Å². The highest BCUT2D eigenvalue weighted by molar-refractivity contribution is 7.71. The minimum atomic E-state index is -0.409. The van der Waals surface area contributed by atoms with Crippen molar-refractivity contribution in [3.8, 4) is 0 Å². The second-order valence-corrected chi connectivity index (χ2v) is 4.27. The van der Waals surface area contributed by atoms with Crippen LogP contribution < -0.4 is 11.3 Å². The van der Waals surface area contributed by atoms with Gasteiger partial charge >= 0.3 is 0 Å². The zero-order valence-corrected chi connectivity index (χ0v) is 10.3. The van der Waals surface area contributed by atoms with Gasteiger partial charge < -0.3 is 20.2 Å². The Balaban J connectivity index is 2.43. The lowest BCUT2D eigenvalue weighted by molar-refractivity contribution is -0.0619. The van der Waals surface area contributed by atoms with E-state index in [9.17, 15) is 4.79 Å². The molecule has 0 bridgehead atoms. The van der Waals surface area contributed by atoms with Gasteiger partial charge in [0.2, 0.25) is 0 Å². The quantitative estimate of drug-likeness (QED) is 0.699. The molecule has 7 heteroatoms. The van der Waals surface area contributed by atoms with Gasteiger partial charge in [-0.25, -0.2) is 0 Å². The first kappa shape index (κ1) is 12.3. The summed E-state index contributed by atoms with van der Waals surface area (Å²) in [7, 11) is 0. The van der Waals surface area contributed by atoms with Gasteiger partial charge in [0.25, 0.3) is 5.56 Å². The van der Waals surface area contributed by atoms with Crippen molar-refractivity contribution in [1.82, 2.24) is 9.97 Å². The van der Waals surface area contributed by atoms with Crippen LogP contribution in [0.5, 0.6) is 0 Å². The first-order chi connectivity index (χ1) is 8.13. The zero-order valence-electron chi connectivity index (χ0n) is 9.49. The molecule has 4 N–H and O–H groups in total. The number of aromatic nitrogens is 2. The van der Waals surface area contributed by atoms with Gasteiger partial charge in [0.1, 0.15) is 5.82 Å². The monoisotopic (exact) mass is 257 g/mol. The number of nitrogens with two attached hydrogens (primary N) is 1. The van der Waals surface area contributed by atoms with E-state index in [0.717, 1.165) is 0 Å². The summed E-state index contributed by atoms with van der Waals surface area (Å²) >= 11 is 4.85. The van der Waals surface area contributed by atoms with Gasteiger partial charge in [-0.05, 0) is 18.6 Å². The minimum absolute atomic E-state index is 0.187. The summed E-state index contributed by atoms with van der Waals surface area (Å²) in [4.78, 5) is 17.2. The molecular weight excluding hydrogens is 242 g/mol. The van der Waals surface area contributed by atoms with E-state index in [0.29, 0.717) is 25.2 Å². The van der Waals surface area contributed by atoms with Crippen LogP contribution in [0.3, 0.4) is 0 Å². The number of H-pyrrole nitrogens is 2. The van der Waals surface area contributed by atoms with Crippen molar-refractivity contribution in [2.24, 2.45) is 0 Å². The Hall–Kier alpha value is -1.18. The lowest BCUT2D eigenvalue weighted by Crippen LogP contribution is -2.28. The molecule has 2 rings (SSSR count). The molecule has 1 aromatic heterocycles. The number of anilines is 1. The summed E-state index contributed by atoms with van der Waals surface area (Å²) in [5.74, 6) is 0.0952. The molecule has 1 saturated heterocycles. The predicted molar refractivity (Wildman–Crippen MR) is 65.4 cm³/mol. The van der Waals surface area contributed by atoms with Crippen molar-refractivity contribution in [1.29, 1.82) is 0 Å². The van der Waals surface area contributed by atoms with E-state index < -0.39 is 6.29 Å². The third kappa shape index (κ3) is 2.41. The second-order valence-electron chi connectivity index (χ2n) is 3.86. The van der Waals surface area contributed by atoms with E-state index in [1.807, 2.05) is 6.92 Å². The number of hydrogen-bond donors (Lipinski definition) is 3. The number of nitrogens with one attached hydrogen (secondary N) is 2. The van der Waals surface area contributed by atoms with E-state index in [2.05, 4.69) is 9.97 Å². The van der Waals surface area contributed by atoms with Gasteiger partial charge in [-0.1, -0.05) is 6.92 Å². The van der Waals surface area contributed by atoms with Crippen LogP contribution in [-0.4, -0.2) is 29.5 Å². The van der Waals surface area contributed by atoms with Crippen LogP contribution in [0.25, 0.3) is 0 Å². The largest absolute Gasteiger partial charge is 0.385 e. The normalized spacial score (nSPS) is 18.4. The van der Waals surface area contributed by atoms with E-state index in [1.165, 1.54) is 0 Å². The Morgan fingerprint density at radius 2 is 2.12 bits per heavy atom. The molecule has 6 nitrogen and oxygen atoms in total. The summed E-state index contributed by atoms with van der Waals surface area (Å²) in [5, 5.41) is 0. The Morgan fingerprint density at radius 1 is 1.47 bits per heavy atom. The molecule has 1 aliphatic rings. The minimum Gasteiger partial charge on any atom is -0.385 e.